The van der Waals surface area contributed by atoms with Gasteiger partial charge in [-0.1, -0.05) is 12.8 Å². The van der Waals surface area contributed by atoms with Crippen molar-refractivity contribution in [3.63, 3.8) is 0 Å². The third-order valence-electron chi connectivity index (χ3n) is 4.18. The summed E-state index contributed by atoms with van der Waals surface area (Å²) in [5, 5.41) is 13.3. The van der Waals surface area contributed by atoms with Crippen molar-refractivity contribution in [3.8, 4) is 0 Å². The van der Waals surface area contributed by atoms with Crippen LogP contribution >= 0.6 is 0 Å². The molecule has 4 N–H and O–H groups in total. The summed E-state index contributed by atoms with van der Waals surface area (Å²) < 4.78 is 21.6. The Morgan fingerprint density at radius 3 is 2.32 bits per heavy atom. The van der Waals surface area contributed by atoms with E-state index >= 15 is 0 Å². The van der Waals surface area contributed by atoms with Crippen molar-refractivity contribution < 1.29 is 38.4 Å². The maximum atomic E-state index is 11.6. The minimum absolute atomic E-state index is 0.229. The van der Waals surface area contributed by atoms with Crippen LogP contribution in [0.3, 0.4) is 0 Å². The first-order valence-corrected chi connectivity index (χ1v) is 9.49. The van der Waals surface area contributed by atoms with Crippen molar-refractivity contribution in [1.82, 2.24) is 5.32 Å². The highest BCUT2D eigenvalue weighted by Gasteiger charge is 2.48. The Morgan fingerprint density at radius 1 is 1.07 bits per heavy atom. The minimum Gasteiger partial charge on any atom is -0.463 e. The maximum Gasteiger partial charge on any atom is 0.303 e. The van der Waals surface area contributed by atoms with Gasteiger partial charge in [0.25, 0.3) is 0 Å². The van der Waals surface area contributed by atoms with Crippen LogP contribution in [0.1, 0.15) is 46.5 Å². The molecule has 0 spiro atoms. The Bertz CT molecular complexity index is 514. The summed E-state index contributed by atoms with van der Waals surface area (Å²) >= 11 is 0. The van der Waals surface area contributed by atoms with E-state index in [1.54, 1.807) is 0 Å². The Kier molecular flexibility index (Phi) is 11.0. The average Bonchev–Trinajstić information content (AvgIpc) is 2.61. The third-order valence-corrected chi connectivity index (χ3v) is 4.18. The number of nitrogens with one attached hydrogen (secondary N) is 1. The number of amides is 1. The molecule has 10 heteroatoms. The topological polar surface area (TPSA) is 146 Å². The molecule has 0 aromatic heterocycles. The van der Waals surface area contributed by atoms with Gasteiger partial charge in [0.05, 0.1) is 0 Å². The molecule has 1 fully saturated rings. The standard InChI is InChI=1S/C18H32N2O8/c1-11(21)20-15-16(24)17(27-13(3)23)14(10-26-12(2)22)28-18(15)25-9-7-5-4-6-8-19/h14-18,24H,4-10,19H2,1-3H3,(H,20,21)/t14-,15-,16-,17+,18-/m1/s1. The molecule has 1 aliphatic rings. The number of esters is 2. The van der Waals surface area contributed by atoms with Gasteiger partial charge >= 0.3 is 11.9 Å². The quantitative estimate of drug-likeness (QED) is 0.309. The molecule has 0 bridgehead atoms. The van der Waals surface area contributed by atoms with Crippen LogP contribution in [0.4, 0.5) is 0 Å². The van der Waals surface area contributed by atoms with E-state index in [0.717, 1.165) is 25.7 Å². The Balaban J connectivity index is 2.82. The first-order chi connectivity index (χ1) is 13.3. The van der Waals surface area contributed by atoms with Gasteiger partial charge in [-0.15, -0.1) is 0 Å². The van der Waals surface area contributed by atoms with Crippen molar-refractivity contribution in [2.24, 2.45) is 5.73 Å². The summed E-state index contributed by atoms with van der Waals surface area (Å²) in [6.45, 7) is 4.47. The molecule has 0 aromatic rings. The second-order valence-corrected chi connectivity index (χ2v) is 6.71. The Labute approximate surface area is 165 Å². The number of nitrogens with two attached hydrogens (primary N) is 1. The normalized spacial score (nSPS) is 27.1. The van der Waals surface area contributed by atoms with Gasteiger partial charge in [-0.25, -0.2) is 0 Å². The van der Waals surface area contributed by atoms with Gasteiger partial charge in [0, 0.05) is 27.4 Å². The largest absolute Gasteiger partial charge is 0.463 e. The van der Waals surface area contributed by atoms with E-state index < -0.39 is 48.5 Å². The van der Waals surface area contributed by atoms with Crippen LogP contribution < -0.4 is 11.1 Å². The monoisotopic (exact) mass is 404 g/mol. The Hall–Kier alpha value is -1.75. The summed E-state index contributed by atoms with van der Waals surface area (Å²) in [6.07, 6.45) is -0.762. The third kappa shape index (κ3) is 8.51. The number of hydrogen-bond donors (Lipinski definition) is 3. The lowest BCUT2D eigenvalue weighted by atomic mass is 9.96. The fraction of sp³-hybridized carbons (Fsp3) is 0.833. The number of carbonyl (C=O) groups is 3. The molecule has 10 nitrogen and oxygen atoms in total. The zero-order chi connectivity index (χ0) is 21.1. The number of aliphatic hydroxyl groups excluding tert-OH is 1. The van der Waals surface area contributed by atoms with Gasteiger partial charge in [0.2, 0.25) is 5.91 Å². The Morgan fingerprint density at radius 2 is 1.75 bits per heavy atom. The molecule has 0 aromatic carbocycles. The highest BCUT2D eigenvalue weighted by atomic mass is 16.7. The van der Waals surface area contributed by atoms with Crippen LogP contribution in [0.2, 0.25) is 0 Å². The minimum atomic E-state index is -1.30. The first kappa shape index (κ1) is 24.3. The van der Waals surface area contributed by atoms with Gasteiger partial charge in [-0.05, 0) is 19.4 Å². The smallest absolute Gasteiger partial charge is 0.303 e. The SMILES string of the molecule is CC(=O)N[C@H]1[C@H](OCCCCCCN)O[C@H](COC(C)=O)[C@H](OC(C)=O)[C@@H]1O. The van der Waals surface area contributed by atoms with Crippen molar-refractivity contribution in [2.75, 3.05) is 19.8 Å². The van der Waals surface area contributed by atoms with Gasteiger partial charge in [0.15, 0.2) is 12.4 Å². The number of aliphatic hydroxyl groups is 1. The maximum absolute atomic E-state index is 11.6. The molecule has 1 saturated heterocycles. The first-order valence-electron chi connectivity index (χ1n) is 9.49. The number of carbonyl (C=O) groups excluding carboxylic acids is 3. The highest BCUT2D eigenvalue weighted by Crippen LogP contribution is 2.25. The van der Waals surface area contributed by atoms with Crippen molar-refractivity contribution in [2.45, 2.75) is 77.1 Å². The molecule has 28 heavy (non-hydrogen) atoms. The molecule has 0 radical (unpaired) electrons. The lowest BCUT2D eigenvalue weighted by Crippen LogP contribution is -2.65. The van der Waals surface area contributed by atoms with Crippen LogP contribution in [0.25, 0.3) is 0 Å². The summed E-state index contributed by atoms with van der Waals surface area (Å²) in [5.74, 6) is -1.58. The fourth-order valence-electron chi connectivity index (χ4n) is 2.92. The second kappa shape index (κ2) is 12.7. The van der Waals surface area contributed by atoms with E-state index in [1.807, 2.05) is 0 Å². The van der Waals surface area contributed by atoms with E-state index in [-0.39, 0.29) is 6.61 Å². The van der Waals surface area contributed by atoms with Crippen LogP contribution in [0, 0.1) is 0 Å². The van der Waals surface area contributed by atoms with Crippen LogP contribution in [0.5, 0.6) is 0 Å². The predicted molar refractivity (Wildman–Crippen MR) is 97.9 cm³/mol. The van der Waals surface area contributed by atoms with E-state index in [4.69, 9.17) is 24.7 Å². The number of unbranched alkanes of at least 4 members (excludes halogenated alkanes) is 3. The zero-order valence-corrected chi connectivity index (χ0v) is 16.7. The number of hydrogen-bond acceptors (Lipinski definition) is 9. The molecule has 5 atom stereocenters. The lowest BCUT2D eigenvalue weighted by molar-refractivity contribution is -0.275. The predicted octanol–water partition coefficient (Wildman–Crippen LogP) is -0.393. The zero-order valence-electron chi connectivity index (χ0n) is 16.7. The van der Waals surface area contributed by atoms with Crippen LogP contribution in [-0.4, -0.2) is 73.4 Å². The number of rotatable bonds is 11. The van der Waals surface area contributed by atoms with Gasteiger partial charge in [-0.2, -0.15) is 0 Å². The summed E-state index contributed by atoms with van der Waals surface area (Å²) in [4.78, 5) is 34.1. The summed E-state index contributed by atoms with van der Waals surface area (Å²) in [5.41, 5.74) is 5.46. The molecule has 162 valence electrons. The summed E-state index contributed by atoms with van der Waals surface area (Å²) in [6, 6.07) is -0.945. The molecule has 0 unspecified atom stereocenters. The van der Waals surface area contributed by atoms with Crippen molar-refractivity contribution in [3.05, 3.63) is 0 Å². The van der Waals surface area contributed by atoms with E-state index in [0.29, 0.717) is 13.2 Å². The number of ether oxygens (including phenoxy) is 4. The van der Waals surface area contributed by atoms with Gasteiger partial charge in [0.1, 0.15) is 24.9 Å². The van der Waals surface area contributed by atoms with Gasteiger partial charge in [-0.3, -0.25) is 14.4 Å². The van der Waals surface area contributed by atoms with Crippen LogP contribution in [-0.2, 0) is 33.3 Å². The lowest BCUT2D eigenvalue weighted by Gasteiger charge is -2.43. The molecular weight excluding hydrogens is 372 g/mol. The van der Waals surface area contributed by atoms with Crippen molar-refractivity contribution >= 4 is 17.8 Å². The highest BCUT2D eigenvalue weighted by molar-refractivity contribution is 5.73. The van der Waals surface area contributed by atoms with Crippen molar-refractivity contribution in [1.29, 1.82) is 0 Å². The molecule has 1 rings (SSSR count). The average molecular weight is 404 g/mol. The van der Waals surface area contributed by atoms with E-state index in [2.05, 4.69) is 5.32 Å². The molecule has 1 aliphatic heterocycles. The second-order valence-electron chi connectivity index (χ2n) is 6.71. The van der Waals surface area contributed by atoms with Crippen LogP contribution in [0.15, 0.2) is 0 Å². The molecule has 1 amide bonds. The van der Waals surface area contributed by atoms with Gasteiger partial charge < -0.3 is 35.1 Å². The fourth-order valence-corrected chi connectivity index (χ4v) is 2.92. The van der Waals surface area contributed by atoms with E-state index in [1.165, 1.54) is 20.8 Å². The molecule has 0 aliphatic carbocycles. The molecular formula is C18H32N2O8. The molecule has 0 saturated carbocycles. The molecule has 1 heterocycles. The van der Waals surface area contributed by atoms with E-state index in [9.17, 15) is 19.5 Å². The summed E-state index contributed by atoms with van der Waals surface area (Å²) in [7, 11) is 0.